The second-order valence-corrected chi connectivity index (χ2v) is 10.6. The summed E-state index contributed by atoms with van der Waals surface area (Å²) in [7, 11) is 0. The molecular weight excluding hydrogens is 571 g/mol. The first-order chi connectivity index (χ1) is 18.2. The van der Waals surface area contributed by atoms with Crippen molar-refractivity contribution in [3.8, 4) is 0 Å². The predicted octanol–water partition coefficient (Wildman–Crippen LogP) is 6.35. The molecule has 2 aromatic rings. The average Bonchev–Trinajstić information content (AvgIpc) is 3.22. The summed E-state index contributed by atoms with van der Waals surface area (Å²) in [6, 6.07) is 21.8. The Morgan fingerprint density at radius 1 is 0.615 bits per heavy atom. The molecule has 0 bridgehead atoms. The SMILES string of the molecule is [CH2-]C[C-](C1C(C)=CC2=C1C=CC=CC2c1ccccc1)C1C(C)=CC2=C1C=CC=CC2c1ccccc1.[Cl-].[Zr+3]. The molecule has 0 heterocycles. The summed E-state index contributed by atoms with van der Waals surface area (Å²) in [6.07, 6.45) is 24.0. The number of hydrogen-bond donors (Lipinski definition) is 0. The van der Waals surface area contributed by atoms with Gasteiger partial charge in [0.2, 0.25) is 0 Å². The van der Waals surface area contributed by atoms with Crippen LogP contribution in [0.5, 0.6) is 0 Å². The van der Waals surface area contributed by atoms with Gasteiger partial charge in [-0.05, 0) is 36.1 Å². The molecule has 6 rings (SSSR count). The maximum Gasteiger partial charge on any atom is 3.00 e. The normalized spacial score (nSPS) is 24.9. The van der Waals surface area contributed by atoms with Crippen molar-refractivity contribution in [3.63, 3.8) is 0 Å². The molecule has 0 fully saturated rings. The molecule has 2 heteroatoms. The standard InChI is InChI=1S/C37H34.ClH.Zr/c1-4-29(36-25(2)23-34-30(19-11-13-21-32(34)36)27-15-7-5-8-16-27)37-26(3)24-35-31(20-12-14-22-33(35)37)28-17-9-6-10-18-28;;/h5-24,30-31,36-37H,1,4H2,2-3H3;1H;/q-2;;+3/p-1. The average molecular weight is 605 g/mol. The molecule has 0 aliphatic heterocycles. The van der Waals surface area contributed by atoms with Crippen molar-refractivity contribution in [1.29, 1.82) is 0 Å². The maximum absolute atomic E-state index is 4.50. The summed E-state index contributed by atoms with van der Waals surface area (Å²) >= 11 is 0. The van der Waals surface area contributed by atoms with Gasteiger partial charge in [0.25, 0.3) is 0 Å². The van der Waals surface area contributed by atoms with Crippen LogP contribution in [0.25, 0.3) is 0 Å². The van der Waals surface area contributed by atoms with Gasteiger partial charge in [0.15, 0.2) is 0 Å². The molecule has 2 aromatic carbocycles. The third-order valence-corrected chi connectivity index (χ3v) is 8.36. The zero-order valence-electron chi connectivity index (χ0n) is 22.6. The van der Waals surface area contributed by atoms with Gasteiger partial charge < -0.3 is 31.7 Å². The van der Waals surface area contributed by atoms with Crippen LogP contribution in [0.3, 0.4) is 0 Å². The van der Waals surface area contributed by atoms with Crippen LogP contribution < -0.4 is 12.4 Å². The molecule has 0 aromatic heterocycles. The fraction of sp³-hybridized carbons (Fsp3) is 0.189. The van der Waals surface area contributed by atoms with Gasteiger partial charge in [-0.2, -0.15) is 0 Å². The van der Waals surface area contributed by atoms with Crippen LogP contribution in [-0.4, -0.2) is 0 Å². The first kappa shape index (κ1) is 29.5. The van der Waals surface area contributed by atoms with Crippen molar-refractivity contribution in [3.05, 3.63) is 179 Å². The van der Waals surface area contributed by atoms with Crippen molar-refractivity contribution in [2.45, 2.75) is 32.1 Å². The van der Waals surface area contributed by atoms with Crippen LogP contribution in [0.2, 0.25) is 0 Å². The molecule has 0 spiro atoms. The molecule has 4 aliphatic carbocycles. The van der Waals surface area contributed by atoms with E-state index in [1.165, 1.54) is 50.5 Å². The Hall–Kier alpha value is -2.47. The summed E-state index contributed by atoms with van der Waals surface area (Å²) < 4.78 is 0. The van der Waals surface area contributed by atoms with Crippen LogP contribution in [0.1, 0.15) is 43.2 Å². The molecule has 0 amide bonds. The summed E-state index contributed by atoms with van der Waals surface area (Å²) in [5.74, 6) is 2.63. The van der Waals surface area contributed by atoms with Crippen molar-refractivity contribution in [2.75, 3.05) is 0 Å². The van der Waals surface area contributed by atoms with Crippen LogP contribution in [-0.2, 0) is 26.2 Å². The monoisotopic (exact) mass is 603 g/mol. The molecule has 0 saturated carbocycles. The van der Waals surface area contributed by atoms with Crippen molar-refractivity contribution >= 4 is 0 Å². The van der Waals surface area contributed by atoms with E-state index in [1.54, 1.807) is 0 Å². The van der Waals surface area contributed by atoms with E-state index in [4.69, 9.17) is 0 Å². The van der Waals surface area contributed by atoms with Gasteiger partial charge in [-0.25, -0.2) is 0 Å². The number of benzene rings is 2. The smallest absolute Gasteiger partial charge is 1.00 e. The molecule has 0 saturated heterocycles. The van der Waals surface area contributed by atoms with Crippen molar-refractivity contribution in [2.24, 2.45) is 11.8 Å². The summed E-state index contributed by atoms with van der Waals surface area (Å²) in [4.78, 5) is 0. The Morgan fingerprint density at radius 2 is 1.03 bits per heavy atom. The van der Waals surface area contributed by atoms with Gasteiger partial charge in [0.1, 0.15) is 0 Å². The quantitative estimate of drug-likeness (QED) is 0.349. The largest absolute Gasteiger partial charge is 3.00 e. The number of halogens is 1. The minimum Gasteiger partial charge on any atom is -1.00 e. The predicted molar refractivity (Wildman–Crippen MR) is 157 cm³/mol. The summed E-state index contributed by atoms with van der Waals surface area (Å²) in [6.45, 7) is 9.13. The molecule has 39 heavy (non-hydrogen) atoms. The van der Waals surface area contributed by atoms with E-state index in [2.05, 4.69) is 142 Å². The number of rotatable bonds is 5. The van der Waals surface area contributed by atoms with Gasteiger partial charge in [0.05, 0.1) is 0 Å². The van der Waals surface area contributed by atoms with Crippen LogP contribution >= 0.6 is 0 Å². The van der Waals surface area contributed by atoms with Crippen LogP contribution in [0, 0.1) is 24.7 Å². The Kier molecular flexibility index (Phi) is 9.69. The Bertz CT molecular complexity index is 1320. The third-order valence-electron chi connectivity index (χ3n) is 8.36. The van der Waals surface area contributed by atoms with E-state index >= 15 is 0 Å². The first-order valence-corrected chi connectivity index (χ1v) is 13.5. The van der Waals surface area contributed by atoms with Gasteiger partial charge in [-0.1, -0.05) is 144 Å². The van der Waals surface area contributed by atoms with Crippen LogP contribution in [0.4, 0.5) is 0 Å². The topological polar surface area (TPSA) is 0 Å². The van der Waals surface area contributed by atoms with E-state index in [-0.39, 0.29) is 62.3 Å². The Labute approximate surface area is 259 Å². The van der Waals surface area contributed by atoms with Gasteiger partial charge >= 0.3 is 26.2 Å². The van der Waals surface area contributed by atoms with Crippen molar-refractivity contribution in [1.82, 2.24) is 0 Å². The zero-order chi connectivity index (χ0) is 25.4. The first-order valence-electron chi connectivity index (χ1n) is 13.5. The molecule has 0 nitrogen and oxygen atoms in total. The van der Waals surface area contributed by atoms with E-state index in [9.17, 15) is 0 Å². The molecule has 4 aliphatic rings. The van der Waals surface area contributed by atoms with E-state index in [0.717, 1.165) is 6.42 Å². The molecule has 4 atom stereocenters. The molecule has 4 unspecified atom stereocenters. The Morgan fingerprint density at radius 3 is 1.41 bits per heavy atom. The summed E-state index contributed by atoms with van der Waals surface area (Å²) in [5.41, 5.74) is 11.3. The second kappa shape index (κ2) is 12.8. The van der Waals surface area contributed by atoms with Gasteiger partial charge in [-0.3, -0.25) is 0 Å². The van der Waals surface area contributed by atoms with E-state index < -0.39 is 0 Å². The minimum absolute atomic E-state index is 0. The fourth-order valence-corrected chi connectivity index (χ4v) is 6.79. The van der Waals surface area contributed by atoms with Gasteiger partial charge in [-0.15, -0.1) is 11.8 Å². The summed E-state index contributed by atoms with van der Waals surface area (Å²) in [5, 5.41) is 0. The minimum atomic E-state index is 0. The van der Waals surface area contributed by atoms with E-state index in [0.29, 0.717) is 0 Å². The molecular formula is C37H34ClZr. The number of hydrogen-bond acceptors (Lipinski definition) is 0. The maximum atomic E-state index is 4.50. The van der Waals surface area contributed by atoms with Crippen LogP contribution in [0.15, 0.2) is 155 Å². The Balaban J connectivity index is 0.00000176. The second-order valence-electron chi connectivity index (χ2n) is 10.6. The third kappa shape index (κ3) is 5.46. The molecule has 0 N–H and O–H groups in total. The number of allylic oxidation sites excluding steroid dienone is 16. The van der Waals surface area contributed by atoms with Gasteiger partial charge in [0, 0.05) is 11.8 Å². The molecule has 1 radical (unpaired) electrons. The zero-order valence-corrected chi connectivity index (χ0v) is 25.9. The van der Waals surface area contributed by atoms with Crippen molar-refractivity contribution < 1.29 is 38.6 Å². The molecule has 193 valence electrons. The fourth-order valence-electron chi connectivity index (χ4n) is 6.79. The van der Waals surface area contributed by atoms with E-state index in [1.807, 2.05) is 0 Å².